The van der Waals surface area contributed by atoms with Gasteiger partial charge in [-0.1, -0.05) is 19.8 Å². The number of nitrogens with one attached hydrogen (secondary N) is 1. The summed E-state index contributed by atoms with van der Waals surface area (Å²) >= 11 is 0. The highest BCUT2D eigenvalue weighted by atomic mass is 32.2. The second kappa shape index (κ2) is 7.81. The third-order valence-electron chi connectivity index (χ3n) is 3.40. The topological polar surface area (TPSA) is 92.7 Å². The first-order valence-electron chi connectivity index (χ1n) is 6.66. The van der Waals surface area contributed by atoms with Gasteiger partial charge < -0.3 is 10.1 Å². The fourth-order valence-corrected chi connectivity index (χ4v) is 2.54. The minimum atomic E-state index is -4.02. The molecule has 1 fully saturated rings. The molecule has 0 aromatic heterocycles. The molecule has 0 radical (unpaired) electrons. The van der Waals surface area contributed by atoms with E-state index in [1.54, 1.807) is 0 Å². The average molecular weight is 293 g/mol. The van der Waals surface area contributed by atoms with Crippen LogP contribution in [0.1, 0.15) is 32.6 Å². The van der Waals surface area contributed by atoms with Gasteiger partial charge in [-0.15, -0.1) is 0 Å². The van der Waals surface area contributed by atoms with Crippen molar-refractivity contribution in [2.24, 2.45) is 11.8 Å². The maximum Gasteiger partial charge on any atom is 0.266 e. The number of rotatable bonds is 7. The van der Waals surface area contributed by atoms with Gasteiger partial charge in [-0.25, -0.2) is 0 Å². The van der Waals surface area contributed by atoms with E-state index in [1.807, 2.05) is 0 Å². The van der Waals surface area contributed by atoms with Gasteiger partial charge in [0.25, 0.3) is 10.1 Å². The number of hydrogen-bond donors (Lipinski definition) is 2. The molecule has 0 aromatic rings. The van der Waals surface area contributed by atoms with Gasteiger partial charge in [-0.05, 0) is 24.7 Å². The zero-order valence-electron chi connectivity index (χ0n) is 11.3. The van der Waals surface area contributed by atoms with Crippen LogP contribution < -0.4 is 5.32 Å². The fraction of sp³-hybridized carbons (Fsp3) is 0.917. The van der Waals surface area contributed by atoms with Crippen LogP contribution in [0.2, 0.25) is 0 Å². The largest absolute Gasteiger partial charge is 0.371 e. The summed E-state index contributed by atoms with van der Waals surface area (Å²) in [5, 5.41) is 2.38. The molecular weight excluding hydrogens is 270 g/mol. The van der Waals surface area contributed by atoms with E-state index in [1.165, 1.54) is 12.8 Å². The highest BCUT2D eigenvalue weighted by Crippen LogP contribution is 2.28. The summed E-state index contributed by atoms with van der Waals surface area (Å²) in [6.45, 7) is 2.68. The Morgan fingerprint density at radius 1 is 1.32 bits per heavy atom. The number of carbonyl (C=O) groups excluding carboxylic acids is 1. The van der Waals surface area contributed by atoms with Crippen molar-refractivity contribution in [2.45, 2.75) is 32.6 Å². The van der Waals surface area contributed by atoms with Gasteiger partial charge >= 0.3 is 0 Å². The summed E-state index contributed by atoms with van der Waals surface area (Å²) in [6, 6.07) is 0. The van der Waals surface area contributed by atoms with Crippen LogP contribution in [0, 0.1) is 11.8 Å². The normalized spacial score (nSPS) is 24.1. The molecule has 1 amide bonds. The standard InChI is InChI=1S/C12H23NO5S/c1-10-2-4-11(5-3-10)8-18-9-12(14)13-6-7-19(15,16)17/h10-11H,2-9H2,1H3,(H,13,14)(H,15,16,17). The van der Waals surface area contributed by atoms with Crippen LogP contribution in [0.3, 0.4) is 0 Å². The van der Waals surface area contributed by atoms with Crippen LogP contribution in [-0.2, 0) is 19.6 Å². The summed E-state index contributed by atoms with van der Waals surface area (Å²) in [5.74, 6) is 0.494. The lowest BCUT2D eigenvalue weighted by molar-refractivity contribution is -0.126. The van der Waals surface area contributed by atoms with E-state index in [4.69, 9.17) is 9.29 Å². The van der Waals surface area contributed by atoms with Gasteiger partial charge in [0.2, 0.25) is 5.91 Å². The Morgan fingerprint density at radius 3 is 2.53 bits per heavy atom. The summed E-state index contributed by atoms with van der Waals surface area (Å²) in [7, 11) is -4.02. The van der Waals surface area contributed by atoms with Crippen LogP contribution in [0.5, 0.6) is 0 Å². The van der Waals surface area contributed by atoms with E-state index < -0.39 is 15.9 Å². The summed E-state index contributed by atoms with van der Waals surface area (Å²) in [4.78, 5) is 11.3. The van der Waals surface area contributed by atoms with Crippen LogP contribution in [0.15, 0.2) is 0 Å². The van der Waals surface area contributed by atoms with Gasteiger partial charge in [-0.3, -0.25) is 9.35 Å². The summed E-state index contributed by atoms with van der Waals surface area (Å²) in [5.41, 5.74) is 0. The first kappa shape index (κ1) is 16.4. The highest BCUT2D eigenvalue weighted by Gasteiger charge is 2.18. The average Bonchev–Trinajstić information content (AvgIpc) is 2.30. The Bertz CT molecular complexity index is 374. The molecule has 1 aliphatic carbocycles. The van der Waals surface area contributed by atoms with Crippen molar-refractivity contribution < 1.29 is 22.5 Å². The molecule has 6 nitrogen and oxygen atoms in total. The van der Waals surface area contributed by atoms with Crippen molar-refractivity contribution >= 4 is 16.0 Å². The highest BCUT2D eigenvalue weighted by molar-refractivity contribution is 7.85. The van der Waals surface area contributed by atoms with Gasteiger partial charge in [0.1, 0.15) is 6.61 Å². The van der Waals surface area contributed by atoms with E-state index in [0.29, 0.717) is 12.5 Å². The van der Waals surface area contributed by atoms with Crippen molar-refractivity contribution in [1.29, 1.82) is 0 Å². The minimum Gasteiger partial charge on any atom is -0.371 e. The predicted octanol–water partition coefficient (Wildman–Crippen LogP) is 0.833. The van der Waals surface area contributed by atoms with Crippen molar-refractivity contribution in [2.75, 3.05) is 25.5 Å². The van der Waals surface area contributed by atoms with E-state index in [-0.39, 0.29) is 19.1 Å². The molecule has 0 unspecified atom stereocenters. The van der Waals surface area contributed by atoms with Crippen molar-refractivity contribution in [1.82, 2.24) is 5.32 Å². The smallest absolute Gasteiger partial charge is 0.266 e. The quantitative estimate of drug-likeness (QED) is 0.678. The molecule has 1 aliphatic rings. The second-order valence-electron chi connectivity index (χ2n) is 5.28. The lowest BCUT2D eigenvalue weighted by atomic mass is 9.83. The Morgan fingerprint density at radius 2 is 1.95 bits per heavy atom. The molecule has 2 N–H and O–H groups in total. The minimum absolute atomic E-state index is 0.0580. The summed E-state index contributed by atoms with van der Waals surface area (Å²) < 4.78 is 34.7. The molecule has 0 bridgehead atoms. The number of amides is 1. The Kier molecular flexibility index (Phi) is 6.74. The van der Waals surface area contributed by atoms with E-state index in [2.05, 4.69) is 12.2 Å². The monoisotopic (exact) mass is 293 g/mol. The molecule has 0 aliphatic heterocycles. The molecule has 0 aromatic carbocycles. The van der Waals surface area contributed by atoms with Crippen molar-refractivity contribution in [3.8, 4) is 0 Å². The van der Waals surface area contributed by atoms with Crippen LogP contribution in [-0.4, -0.2) is 44.4 Å². The Labute approximate surface area is 114 Å². The van der Waals surface area contributed by atoms with Crippen LogP contribution >= 0.6 is 0 Å². The van der Waals surface area contributed by atoms with E-state index >= 15 is 0 Å². The van der Waals surface area contributed by atoms with E-state index in [9.17, 15) is 13.2 Å². The zero-order valence-corrected chi connectivity index (χ0v) is 12.1. The Hall–Kier alpha value is -0.660. The second-order valence-corrected chi connectivity index (χ2v) is 6.85. The van der Waals surface area contributed by atoms with Gasteiger partial charge in [0.15, 0.2) is 0 Å². The summed E-state index contributed by atoms with van der Waals surface area (Å²) in [6.07, 6.45) is 4.72. The predicted molar refractivity (Wildman–Crippen MR) is 71.4 cm³/mol. The van der Waals surface area contributed by atoms with Crippen molar-refractivity contribution in [3.63, 3.8) is 0 Å². The molecule has 7 heteroatoms. The molecule has 0 saturated heterocycles. The first-order valence-corrected chi connectivity index (χ1v) is 8.27. The maximum absolute atomic E-state index is 11.3. The maximum atomic E-state index is 11.3. The molecule has 19 heavy (non-hydrogen) atoms. The fourth-order valence-electron chi connectivity index (χ4n) is 2.18. The number of hydrogen-bond acceptors (Lipinski definition) is 4. The van der Waals surface area contributed by atoms with Crippen LogP contribution in [0.4, 0.5) is 0 Å². The number of ether oxygens (including phenoxy) is 1. The molecule has 1 rings (SSSR count). The Balaban J connectivity index is 2.04. The van der Waals surface area contributed by atoms with Crippen LogP contribution in [0.25, 0.3) is 0 Å². The van der Waals surface area contributed by atoms with Crippen molar-refractivity contribution in [3.05, 3.63) is 0 Å². The number of carbonyl (C=O) groups is 1. The molecule has 1 saturated carbocycles. The molecule has 0 spiro atoms. The lowest BCUT2D eigenvalue weighted by Crippen LogP contribution is -2.32. The molecule has 0 atom stereocenters. The lowest BCUT2D eigenvalue weighted by Gasteiger charge is -2.25. The van der Waals surface area contributed by atoms with Gasteiger partial charge in [0, 0.05) is 6.54 Å². The molecule has 0 heterocycles. The first-order chi connectivity index (χ1) is 8.87. The molecular formula is C12H23NO5S. The van der Waals surface area contributed by atoms with Gasteiger partial charge in [0.05, 0.1) is 12.4 Å². The molecule has 112 valence electrons. The van der Waals surface area contributed by atoms with E-state index in [0.717, 1.165) is 18.8 Å². The third kappa shape index (κ3) is 8.18. The SMILES string of the molecule is CC1CCC(COCC(=O)NCCS(=O)(=O)O)CC1. The third-order valence-corrected chi connectivity index (χ3v) is 4.12. The zero-order chi connectivity index (χ0) is 14.3. The van der Waals surface area contributed by atoms with Gasteiger partial charge in [-0.2, -0.15) is 8.42 Å².